The summed E-state index contributed by atoms with van der Waals surface area (Å²) in [7, 11) is 0. The van der Waals surface area contributed by atoms with Crippen LogP contribution in [-0.4, -0.2) is 17.5 Å². The fourth-order valence-electron chi connectivity index (χ4n) is 2.61. The van der Waals surface area contributed by atoms with Gasteiger partial charge in [0, 0.05) is 11.6 Å². The largest absolute Gasteiger partial charge is 0.416 e. The number of hydrogen-bond acceptors (Lipinski definition) is 3. The van der Waals surface area contributed by atoms with E-state index < -0.39 is 12.1 Å². The molecule has 0 aliphatic carbocycles. The molecule has 0 N–H and O–H groups in total. The Bertz CT molecular complexity index is 740. The summed E-state index contributed by atoms with van der Waals surface area (Å²) >= 11 is 6.18. The molecule has 1 amide bonds. The predicted molar refractivity (Wildman–Crippen MR) is 82.7 cm³/mol. The minimum Gasteiger partial charge on any atom is -0.410 e. The molecule has 1 unspecified atom stereocenters. The van der Waals surface area contributed by atoms with Gasteiger partial charge in [-0.1, -0.05) is 41.9 Å². The van der Waals surface area contributed by atoms with Crippen molar-refractivity contribution >= 4 is 17.7 Å². The second-order valence-electron chi connectivity index (χ2n) is 4.96. The zero-order valence-corrected chi connectivity index (χ0v) is 12.5. The van der Waals surface area contributed by atoms with E-state index >= 15 is 0 Å². The summed E-state index contributed by atoms with van der Waals surface area (Å²) in [5, 5.41) is 10.1. The van der Waals surface area contributed by atoms with E-state index in [4.69, 9.17) is 16.3 Å². The lowest BCUT2D eigenvalue weighted by molar-refractivity contribution is 0.139. The first-order valence-electron chi connectivity index (χ1n) is 6.91. The van der Waals surface area contributed by atoms with Crippen LogP contribution in [0.15, 0.2) is 48.5 Å². The van der Waals surface area contributed by atoms with Crippen molar-refractivity contribution in [3.63, 3.8) is 0 Å². The third-order valence-electron chi connectivity index (χ3n) is 3.67. The summed E-state index contributed by atoms with van der Waals surface area (Å²) in [4.78, 5) is 13.8. The average Bonchev–Trinajstić information content (AvgIpc) is 2.55. The van der Waals surface area contributed by atoms with Crippen molar-refractivity contribution in [3.05, 3.63) is 64.7 Å². The van der Waals surface area contributed by atoms with Gasteiger partial charge < -0.3 is 4.74 Å². The van der Waals surface area contributed by atoms with Crippen LogP contribution in [0.3, 0.4) is 0 Å². The van der Waals surface area contributed by atoms with Crippen LogP contribution >= 0.6 is 11.6 Å². The van der Waals surface area contributed by atoms with Crippen LogP contribution in [0.1, 0.15) is 17.2 Å². The molecule has 2 aromatic carbocycles. The third kappa shape index (κ3) is 2.63. The molecule has 0 saturated carbocycles. The molecule has 3 rings (SSSR count). The molecule has 1 aliphatic heterocycles. The van der Waals surface area contributed by atoms with Gasteiger partial charge in [0.25, 0.3) is 0 Å². The van der Waals surface area contributed by atoms with Crippen LogP contribution in [0, 0.1) is 11.3 Å². The molecule has 1 heterocycles. The molecule has 0 saturated heterocycles. The number of rotatable bonds is 1. The fourth-order valence-corrected chi connectivity index (χ4v) is 2.88. The van der Waals surface area contributed by atoms with Crippen LogP contribution < -0.4 is 4.74 Å². The van der Waals surface area contributed by atoms with Gasteiger partial charge >= 0.3 is 6.09 Å². The number of hydrogen-bond donors (Lipinski definition) is 0. The van der Waals surface area contributed by atoms with E-state index in [2.05, 4.69) is 6.07 Å². The summed E-state index contributed by atoms with van der Waals surface area (Å²) in [6, 6.07) is 15.7. The monoisotopic (exact) mass is 312 g/mol. The number of nitrogens with zero attached hydrogens (tertiary/aromatic N) is 2. The van der Waals surface area contributed by atoms with Crippen LogP contribution in [0.25, 0.3) is 0 Å². The minimum absolute atomic E-state index is 0.403. The fraction of sp³-hybridized carbons (Fsp3) is 0.176. The standard InChI is InChI=1S/C17H13ClN2O2/c18-15-8-4-7-14-13(15)9-10-20(16(14)11-19)17(21)22-12-5-2-1-3-6-12/h1-8,16H,9-10H2. The maximum Gasteiger partial charge on any atom is 0.416 e. The number of fused-ring (bicyclic) bond motifs is 1. The zero-order valence-electron chi connectivity index (χ0n) is 11.7. The Balaban J connectivity index is 1.86. The van der Waals surface area contributed by atoms with E-state index in [1.807, 2.05) is 12.1 Å². The molecule has 1 aliphatic rings. The summed E-state index contributed by atoms with van der Waals surface area (Å²) in [5.74, 6) is 0.459. The molecule has 0 fully saturated rings. The van der Waals surface area contributed by atoms with Gasteiger partial charge in [0.2, 0.25) is 0 Å². The summed E-state index contributed by atoms with van der Waals surface area (Å²) in [6.07, 6.45) is 0.0836. The SMILES string of the molecule is N#CC1c2cccc(Cl)c2CCN1C(=O)Oc1ccccc1. The number of nitriles is 1. The number of carbonyl (C=O) groups is 1. The number of amides is 1. The lowest BCUT2D eigenvalue weighted by Crippen LogP contribution is -2.41. The lowest BCUT2D eigenvalue weighted by Gasteiger charge is -2.32. The van der Waals surface area contributed by atoms with Gasteiger partial charge in [-0.3, -0.25) is 4.90 Å². The quantitative estimate of drug-likeness (QED) is 0.801. The van der Waals surface area contributed by atoms with Crippen molar-refractivity contribution in [2.45, 2.75) is 12.5 Å². The Labute approximate surface area is 133 Å². The molecule has 110 valence electrons. The Morgan fingerprint density at radius 3 is 2.73 bits per heavy atom. The van der Waals surface area contributed by atoms with Gasteiger partial charge in [0.15, 0.2) is 0 Å². The maximum atomic E-state index is 12.4. The van der Waals surface area contributed by atoms with E-state index in [0.717, 1.165) is 11.1 Å². The predicted octanol–water partition coefficient (Wildman–Crippen LogP) is 3.96. The minimum atomic E-state index is -0.682. The van der Waals surface area contributed by atoms with Crippen molar-refractivity contribution < 1.29 is 9.53 Å². The molecule has 22 heavy (non-hydrogen) atoms. The van der Waals surface area contributed by atoms with Crippen molar-refractivity contribution in [3.8, 4) is 11.8 Å². The second kappa shape index (κ2) is 6.08. The first kappa shape index (κ1) is 14.4. The molecule has 0 radical (unpaired) electrons. The average molecular weight is 313 g/mol. The van der Waals surface area contributed by atoms with Gasteiger partial charge in [-0.05, 0) is 35.7 Å². The summed E-state index contributed by atoms with van der Waals surface area (Å²) in [6.45, 7) is 0.403. The van der Waals surface area contributed by atoms with E-state index in [0.29, 0.717) is 23.7 Å². The van der Waals surface area contributed by atoms with Gasteiger partial charge in [0.1, 0.15) is 11.8 Å². The highest BCUT2D eigenvalue weighted by Crippen LogP contribution is 2.33. The number of ether oxygens (including phenoxy) is 1. The highest BCUT2D eigenvalue weighted by Gasteiger charge is 2.32. The first-order chi connectivity index (χ1) is 10.7. The Morgan fingerprint density at radius 2 is 2.00 bits per heavy atom. The molecular weight excluding hydrogens is 300 g/mol. The topological polar surface area (TPSA) is 53.3 Å². The van der Waals surface area contributed by atoms with Crippen LogP contribution in [-0.2, 0) is 6.42 Å². The number of benzene rings is 2. The molecule has 0 spiro atoms. The maximum absolute atomic E-state index is 12.4. The highest BCUT2D eigenvalue weighted by atomic mass is 35.5. The van der Waals surface area contributed by atoms with Gasteiger partial charge in [-0.15, -0.1) is 0 Å². The Kier molecular flexibility index (Phi) is 3.99. The molecule has 0 aromatic heterocycles. The molecule has 2 aromatic rings. The smallest absolute Gasteiger partial charge is 0.410 e. The van der Waals surface area contributed by atoms with Gasteiger partial charge in [0.05, 0.1) is 6.07 Å². The van der Waals surface area contributed by atoms with Crippen LogP contribution in [0.4, 0.5) is 4.79 Å². The Morgan fingerprint density at radius 1 is 1.23 bits per heavy atom. The number of carbonyl (C=O) groups excluding carboxylic acids is 1. The van der Waals surface area contributed by atoms with E-state index in [9.17, 15) is 10.1 Å². The highest BCUT2D eigenvalue weighted by molar-refractivity contribution is 6.31. The van der Waals surface area contributed by atoms with Gasteiger partial charge in [-0.25, -0.2) is 4.79 Å². The molecule has 1 atom stereocenters. The molecule has 4 nitrogen and oxygen atoms in total. The van der Waals surface area contributed by atoms with Crippen LogP contribution in [0.5, 0.6) is 5.75 Å². The molecule has 0 bridgehead atoms. The van der Waals surface area contributed by atoms with E-state index in [-0.39, 0.29) is 0 Å². The molecular formula is C17H13ClN2O2. The van der Waals surface area contributed by atoms with Gasteiger partial charge in [-0.2, -0.15) is 5.26 Å². The normalized spacial score (nSPS) is 16.5. The van der Waals surface area contributed by atoms with Crippen molar-refractivity contribution in [1.82, 2.24) is 4.90 Å². The number of para-hydroxylation sites is 1. The number of halogens is 1. The third-order valence-corrected chi connectivity index (χ3v) is 4.02. The van der Waals surface area contributed by atoms with Crippen molar-refractivity contribution in [1.29, 1.82) is 5.26 Å². The summed E-state index contributed by atoms with van der Waals surface area (Å²) in [5.41, 5.74) is 1.70. The molecule has 5 heteroatoms. The lowest BCUT2D eigenvalue weighted by atomic mass is 9.93. The second-order valence-corrected chi connectivity index (χ2v) is 5.37. The van der Waals surface area contributed by atoms with Crippen molar-refractivity contribution in [2.75, 3.05) is 6.54 Å². The summed E-state index contributed by atoms with van der Waals surface area (Å²) < 4.78 is 5.33. The first-order valence-corrected chi connectivity index (χ1v) is 7.29. The van der Waals surface area contributed by atoms with E-state index in [1.165, 1.54) is 4.90 Å². The zero-order chi connectivity index (χ0) is 15.5. The Hall–Kier alpha value is -2.51. The van der Waals surface area contributed by atoms with Crippen LogP contribution in [0.2, 0.25) is 5.02 Å². The van der Waals surface area contributed by atoms with E-state index in [1.54, 1.807) is 36.4 Å². The van der Waals surface area contributed by atoms with Crippen molar-refractivity contribution in [2.24, 2.45) is 0 Å².